The molecule has 0 unspecified atom stereocenters. The second kappa shape index (κ2) is 3.69. The molecule has 1 saturated heterocycles. The standard InChI is InChI=1S/C9H15N5/c1-13-8(11-10)4-5-9(12-13)14-6-2-3-7-14/h4-5H,2-3,6-7,10H2,1H3. The highest BCUT2D eigenvalue weighted by Gasteiger charge is 2.13. The smallest absolute Gasteiger partial charge is 0.168 e. The van der Waals surface area contributed by atoms with Crippen molar-refractivity contribution in [3.05, 3.63) is 17.6 Å². The van der Waals surface area contributed by atoms with Crippen LogP contribution in [0.3, 0.4) is 0 Å². The lowest BCUT2D eigenvalue weighted by molar-refractivity contribution is 0.674. The lowest BCUT2D eigenvalue weighted by Gasteiger charge is -2.16. The normalized spacial score (nSPS) is 17.8. The largest absolute Gasteiger partial charge is 0.355 e. The first-order valence-corrected chi connectivity index (χ1v) is 4.84. The van der Waals surface area contributed by atoms with Crippen LogP contribution in [0, 0.1) is 0 Å². The molecular formula is C9H15N5. The molecule has 1 aromatic rings. The third-order valence-corrected chi connectivity index (χ3v) is 2.53. The average molecular weight is 193 g/mol. The molecule has 1 aliphatic rings. The van der Waals surface area contributed by atoms with E-state index in [4.69, 9.17) is 5.84 Å². The van der Waals surface area contributed by atoms with Gasteiger partial charge in [-0.2, -0.15) is 10.2 Å². The highest BCUT2D eigenvalue weighted by molar-refractivity contribution is 5.37. The van der Waals surface area contributed by atoms with E-state index in [1.807, 2.05) is 19.2 Å². The maximum absolute atomic E-state index is 5.20. The van der Waals surface area contributed by atoms with E-state index < -0.39 is 0 Å². The van der Waals surface area contributed by atoms with Gasteiger partial charge in [0.2, 0.25) is 0 Å². The van der Waals surface area contributed by atoms with Crippen LogP contribution in [0.15, 0.2) is 17.2 Å². The molecule has 0 amide bonds. The molecule has 2 N–H and O–H groups in total. The van der Waals surface area contributed by atoms with Gasteiger partial charge in [0, 0.05) is 20.1 Å². The summed E-state index contributed by atoms with van der Waals surface area (Å²) < 4.78 is 1.70. The van der Waals surface area contributed by atoms with Crippen molar-refractivity contribution in [2.75, 3.05) is 18.0 Å². The van der Waals surface area contributed by atoms with Crippen molar-refractivity contribution in [3.63, 3.8) is 0 Å². The molecule has 0 spiro atoms. The van der Waals surface area contributed by atoms with Crippen LogP contribution in [0.25, 0.3) is 0 Å². The Morgan fingerprint density at radius 1 is 1.36 bits per heavy atom. The van der Waals surface area contributed by atoms with Gasteiger partial charge >= 0.3 is 0 Å². The van der Waals surface area contributed by atoms with Crippen molar-refractivity contribution in [2.45, 2.75) is 12.8 Å². The fourth-order valence-corrected chi connectivity index (χ4v) is 1.74. The second-order valence-electron chi connectivity index (χ2n) is 3.50. The summed E-state index contributed by atoms with van der Waals surface area (Å²) in [5.74, 6) is 6.22. The number of aromatic nitrogens is 2. The summed E-state index contributed by atoms with van der Waals surface area (Å²) in [5, 5.41) is 8.01. The fourth-order valence-electron chi connectivity index (χ4n) is 1.74. The van der Waals surface area contributed by atoms with E-state index in [2.05, 4.69) is 15.1 Å². The Morgan fingerprint density at radius 2 is 2.07 bits per heavy atom. The molecule has 0 atom stereocenters. The van der Waals surface area contributed by atoms with Gasteiger partial charge in [0.15, 0.2) is 5.49 Å². The Balaban J connectivity index is 2.32. The zero-order valence-electron chi connectivity index (χ0n) is 8.35. The van der Waals surface area contributed by atoms with E-state index in [0.717, 1.165) is 18.9 Å². The number of aryl methyl sites for hydroxylation is 1. The molecule has 1 aromatic heterocycles. The van der Waals surface area contributed by atoms with Gasteiger partial charge in [-0.05, 0) is 25.0 Å². The van der Waals surface area contributed by atoms with Gasteiger partial charge in [0.25, 0.3) is 0 Å². The lowest BCUT2D eigenvalue weighted by atomic mass is 10.4. The number of hydrogen-bond donors (Lipinski definition) is 1. The van der Waals surface area contributed by atoms with Crippen molar-refractivity contribution in [2.24, 2.45) is 18.0 Å². The number of rotatable bonds is 1. The Hall–Kier alpha value is -1.52. The van der Waals surface area contributed by atoms with Crippen molar-refractivity contribution in [1.29, 1.82) is 0 Å². The summed E-state index contributed by atoms with van der Waals surface area (Å²) >= 11 is 0. The topological polar surface area (TPSA) is 59.4 Å². The molecule has 0 radical (unpaired) electrons. The molecule has 5 heteroatoms. The van der Waals surface area contributed by atoms with Crippen LogP contribution in [-0.4, -0.2) is 22.9 Å². The SMILES string of the molecule is Cn1nc(N2CCCC2)ccc1=NN. The van der Waals surface area contributed by atoms with Gasteiger partial charge in [0.05, 0.1) is 0 Å². The predicted octanol–water partition coefficient (Wildman–Crippen LogP) is -0.205. The third kappa shape index (κ3) is 1.57. The molecule has 1 aliphatic heterocycles. The minimum absolute atomic E-state index is 0.688. The summed E-state index contributed by atoms with van der Waals surface area (Å²) in [5.41, 5.74) is 0.688. The van der Waals surface area contributed by atoms with Gasteiger partial charge in [-0.1, -0.05) is 0 Å². The van der Waals surface area contributed by atoms with E-state index in [-0.39, 0.29) is 0 Å². The van der Waals surface area contributed by atoms with Gasteiger partial charge in [-0.25, -0.2) is 4.68 Å². The van der Waals surface area contributed by atoms with Crippen LogP contribution in [0.1, 0.15) is 12.8 Å². The summed E-state index contributed by atoms with van der Waals surface area (Å²) in [7, 11) is 1.85. The van der Waals surface area contributed by atoms with E-state index >= 15 is 0 Å². The van der Waals surface area contributed by atoms with Crippen molar-refractivity contribution >= 4 is 5.82 Å². The van der Waals surface area contributed by atoms with Gasteiger partial charge in [0.1, 0.15) is 5.82 Å². The first-order chi connectivity index (χ1) is 6.81. The molecule has 0 aromatic carbocycles. The van der Waals surface area contributed by atoms with Crippen LogP contribution < -0.4 is 16.2 Å². The zero-order valence-corrected chi connectivity index (χ0v) is 8.35. The minimum atomic E-state index is 0.688. The number of hydrogen-bond acceptors (Lipinski definition) is 4. The molecule has 2 heterocycles. The van der Waals surface area contributed by atoms with Gasteiger partial charge in [-0.3, -0.25) is 0 Å². The molecule has 0 bridgehead atoms. The number of anilines is 1. The van der Waals surface area contributed by atoms with Gasteiger partial charge < -0.3 is 10.7 Å². The van der Waals surface area contributed by atoms with Crippen LogP contribution in [0.4, 0.5) is 5.82 Å². The predicted molar refractivity (Wildman–Crippen MR) is 54.4 cm³/mol. The van der Waals surface area contributed by atoms with Crippen LogP contribution in [0.5, 0.6) is 0 Å². The van der Waals surface area contributed by atoms with E-state index in [9.17, 15) is 0 Å². The van der Waals surface area contributed by atoms with Crippen LogP contribution in [-0.2, 0) is 7.05 Å². The van der Waals surface area contributed by atoms with E-state index in [0.29, 0.717) is 5.49 Å². The maximum atomic E-state index is 5.20. The van der Waals surface area contributed by atoms with Crippen molar-refractivity contribution in [1.82, 2.24) is 9.78 Å². The molecule has 0 saturated carbocycles. The highest BCUT2D eigenvalue weighted by atomic mass is 15.4. The highest BCUT2D eigenvalue weighted by Crippen LogP contribution is 2.15. The quantitative estimate of drug-likeness (QED) is 0.496. The van der Waals surface area contributed by atoms with E-state index in [1.165, 1.54) is 12.8 Å². The van der Waals surface area contributed by atoms with E-state index in [1.54, 1.807) is 4.68 Å². The summed E-state index contributed by atoms with van der Waals surface area (Å²) in [6, 6.07) is 3.86. The Kier molecular flexibility index (Phi) is 2.39. The number of nitrogens with two attached hydrogens (primary N) is 1. The molecular weight excluding hydrogens is 178 g/mol. The molecule has 1 fully saturated rings. The van der Waals surface area contributed by atoms with Gasteiger partial charge in [-0.15, -0.1) is 0 Å². The zero-order chi connectivity index (χ0) is 9.97. The number of nitrogens with zero attached hydrogens (tertiary/aromatic N) is 4. The Bertz CT molecular complexity index is 375. The molecule has 2 rings (SSSR count). The lowest BCUT2D eigenvalue weighted by Crippen LogP contribution is -2.26. The molecule has 76 valence electrons. The summed E-state index contributed by atoms with van der Waals surface area (Å²) in [6.07, 6.45) is 2.52. The molecule has 14 heavy (non-hydrogen) atoms. The monoisotopic (exact) mass is 193 g/mol. The second-order valence-corrected chi connectivity index (χ2v) is 3.50. The Labute approximate surface area is 82.8 Å². The maximum Gasteiger partial charge on any atom is 0.168 e. The van der Waals surface area contributed by atoms with Crippen molar-refractivity contribution < 1.29 is 0 Å². The molecule has 5 nitrogen and oxygen atoms in total. The molecule has 0 aliphatic carbocycles. The average Bonchev–Trinajstić information content (AvgIpc) is 2.70. The first-order valence-electron chi connectivity index (χ1n) is 4.84. The fraction of sp³-hybridized carbons (Fsp3) is 0.556. The van der Waals surface area contributed by atoms with Crippen LogP contribution >= 0.6 is 0 Å². The minimum Gasteiger partial charge on any atom is -0.355 e. The first kappa shape index (κ1) is 9.05. The Morgan fingerprint density at radius 3 is 2.64 bits per heavy atom. The summed E-state index contributed by atoms with van der Waals surface area (Å²) in [6.45, 7) is 2.21. The van der Waals surface area contributed by atoms with Crippen LogP contribution in [0.2, 0.25) is 0 Å². The van der Waals surface area contributed by atoms with Crippen molar-refractivity contribution in [3.8, 4) is 0 Å². The third-order valence-electron chi connectivity index (χ3n) is 2.53. The summed E-state index contributed by atoms with van der Waals surface area (Å²) in [4.78, 5) is 2.28.